The van der Waals surface area contributed by atoms with Gasteiger partial charge in [0, 0.05) is 19.5 Å². The summed E-state index contributed by atoms with van der Waals surface area (Å²) < 4.78 is 0. The Bertz CT molecular complexity index is 329. The van der Waals surface area contributed by atoms with Crippen LogP contribution in [0.4, 0.5) is 0 Å². The van der Waals surface area contributed by atoms with E-state index in [0.717, 1.165) is 19.3 Å². The summed E-state index contributed by atoms with van der Waals surface area (Å²) >= 11 is 0. The molecule has 0 radical (unpaired) electrons. The third-order valence-corrected chi connectivity index (χ3v) is 3.96. The lowest BCUT2D eigenvalue weighted by Crippen LogP contribution is -2.42. The van der Waals surface area contributed by atoms with Crippen LogP contribution in [0.15, 0.2) is 0 Å². The van der Waals surface area contributed by atoms with E-state index in [2.05, 4.69) is 13.8 Å². The zero-order chi connectivity index (χ0) is 14.5. The zero-order valence-corrected chi connectivity index (χ0v) is 12.0. The van der Waals surface area contributed by atoms with E-state index in [1.165, 1.54) is 0 Å². The highest BCUT2D eigenvalue weighted by Crippen LogP contribution is 2.27. The molecule has 0 bridgehead atoms. The molecule has 1 aliphatic rings. The zero-order valence-electron chi connectivity index (χ0n) is 12.0. The lowest BCUT2D eigenvalue weighted by molar-refractivity contribution is -0.145. The number of amides is 1. The molecule has 1 aliphatic heterocycles. The Hall–Kier alpha value is -1.10. The van der Waals surface area contributed by atoms with Gasteiger partial charge >= 0.3 is 5.97 Å². The highest BCUT2D eigenvalue weighted by molar-refractivity contribution is 5.78. The minimum Gasteiger partial charge on any atom is -0.481 e. The maximum Gasteiger partial charge on any atom is 0.308 e. The summed E-state index contributed by atoms with van der Waals surface area (Å²) in [6.45, 7) is 5.92. The molecule has 0 aromatic heterocycles. The van der Waals surface area contributed by atoms with Crippen molar-refractivity contribution in [2.24, 2.45) is 17.1 Å². The standard InChI is InChI=1S/C14H26N2O3/c1-14(2,7-8-15)6-5-12(17)16-9-3-4-11(10-16)13(18)19/h11H,3-10,15H2,1-2H3,(H,18,19). The molecule has 1 heterocycles. The number of nitrogens with two attached hydrogens (primary N) is 1. The fraction of sp³-hybridized carbons (Fsp3) is 0.857. The van der Waals surface area contributed by atoms with Gasteiger partial charge in [0.15, 0.2) is 0 Å². The molecule has 5 nitrogen and oxygen atoms in total. The number of carbonyl (C=O) groups excluding carboxylic acids is 1. The lowest BCUT2D eigenvalue weighted by Gasteiger charge is -2.32. The first kappa shape index (κ1) is 16.0. The minimum absolute atomic E-state index is 0.0758. The first-order chi connectivity index (χ1) is 8.85. The monoisotopic (exact) mass is 270 g/mol. The Kier molecular flexibility index (Phi) is 5.79. The van der Waals surface area contributed by atoms with E-state index < -0.39 is 11.9 Å². The van der Waals surface area contributed by atoms with Crippen molar-refractivity contribution >= 4 is 11.9 Å². The van der Waals surface area contributed by atoms with Gasteiger partial charge in [-0.15, -0.1) is 0 Å². The van der Waals surface area contributed by atoms with Crippen LogP contribution in [0.5, 0.6) is 0 Å². The van der Waals surface area contributed by atoms with Gasteiger partial charge < -0.3 is 15.7 Å². The summed E-state index contributed by atoms with van der Waals surface area (Å²) in [7, 11) is 0. The van der Waals surface area contributed by atoms with Gasteiger partial charge in [-0.2, -0.15) is 0 Å². The number of hydrogen-bond acceptors (Lipinski definition) is 3. The van der Waals surface area contributed by atoms with Gasteiger partial charge in [0.25, 0.3) is 0 Å². The molecule has 0 aromatic carbocycles. The highest BCUT2D eigenvalue weighted by atomic mass is 16.4. The van der Waals surface area contributed by atoms with Gasteiger partial charge in [0.05, 0.1) is 5.92 Å². The van der Waals surface area contributed by atoms with E-state index >= 15 is 0 Å². The lowest BCUT2D eigenvalue weighted by atomic mass is 9.84. The van der Waals surface area contributed by atoms with Gasteiger partial charge in [-0.3, -0.25) is 9.59 Å². The van der Waals surface area contributed by atoms with Crippen LogP contribution in [-0.2, 0) is 9.59 Å². The molecule has 0 aliphatic carbocycles. The number of piperidine rings is 1. The SMILES string of the molecule is CC(C)(CCN)CCC(=O)N1CCCC(C(=O)O)C1. The molecular weight excluding hydrogens is 244 g/mol. The Balaban J connectivity index is 2.43. The third kappa shape index (κ3) is 5.19. The van der Waals surface area contributed by atoms with Crippen molar-refractivity contribution in [2.45, 2.75) is 46.0 Å². The molecular formula is C14H26N2O3. The molecule has 110 valence electrons. The largest absolute Gasteiger partial charge is 0.481 e. The number of rotatable bonds is 6. The van der Waals surface area contributed by atoms with Crippen molar-refractivity contribution in [1.29, 1.82) is 0 Å². The smallest absolute Gasteiger partial charge is 0.308 e. The highest BCUT2D eigenvalue weighted by Gasteiger charge is 2.28. The number of carbonyl (C=O) groups is 2. The number of aliphatic carboxylic acids is 1. The van der Waals surface area contributed by atoms with E-state index in [9.17, 15) is 9.59 Å². The van der Waals surface area contributed by atoms with Crippen molar-refractivity contribution in [1.82, 2.24) is 4.90 Å². The summed E-state index contributed by atoms with van der Waals surface area (Å²) in [6, 6.07) is 0. The Morgan fingerprint density at radius 3 is 2.63 bits per heavy atom. The number of likely N-dealkylation sites (tertiary alicyclic amines) is 1. The van der Waals surface area contributed by atoms with Gasteiger partial charge in [0.2, 0.25) is 5.91 Å². The second-order valence-corrected chi connectivity index (χ2v) is 6.22. The first-order valence-corrected chi connectivity index (χ1v) is 7.06. The predicted molar refractivity (Wildman–Crippen MR) is 73.6 cm³/mol. The average Bonchev–Trinajstić information content (AvgIpc) is 2.36. The van der Waals surface area contributed by atoms with Crippen LogP contribution in [0.2, 0.25) is 0 Å². The molecule has 3 N–H and O–H groups in total. The molecule has 5 heteroatoms. The second kappa shape index (κ2) is 6.89. The van der Waals surface area contributed by atoms with E-state index in [4.69, 9.17) is 10.8 Å². The maximum atomic E-state index is 12.1. The van der Waals surface area contributed by atoms with Crippen LogP contribution in [0.25, 0.3) is 0 Å². The fourth-order valence-electron chi connectivity index (χ4n) is 2.52. The van der Waals surface area contributed by atoms with Gasteiger partial charge in [-0.25, -0.2) is 0 Å². The molecule has 19 heavy (non-hydrogen) atoms. The predicted octanol–water partition coefficient (Wildman–Crippen LogP) is 1.46. The van der Waals surface area contributed by atoms with Crippen molar-refractivity contribution < 1.29 is 14.7 Å². The van der Waals surface area contributed by atoms with E-state index in [0.29, 0.717) is 32.5 Å². The third-order valence-electron chi connectivity index (χ3n) is 3.96. The van der Waals surface area contributed by atoms with Crippen LogP contribution in [0.1, 0.15) is 46.0 Å². The summed E-state index contributed by atoms with van der Waals surface area (Å²) in [4.78, 5) is 24.8. The average molecular weight is 270 g/mol. The van der Waals surface area contributed by atoms with Crippen LogP contribution in [0.3, 0.4) is 0 Å². The molecule has 1 unspecified atom stereocenters. The normalized spacial score (nSPS) is 20.4. The molecule has 1 amide bonds. The van der Waals surface area contributed by atoms with Crippen molar-refractivity contribution in [3.63, 3.8) is 0 Å². The quantitative estimate of drug-likeness (QED) is 0.765. The summed E-state index contributed by atoms with van der Waals surface area (Å²) in [6.07, 6.45) is 3.65. The Labute approximate surface area is 115 Å². The summed E-state index contributed by atoms with van der Waals surface area (Å²) in [5.41, 5.74) is 5.63. The molecule has 0 aromatic rings. The first-order valence-electron chi connectivity index (χ1n) is 7.06. The van der Waals surface area contributed by atoms with Crippen LogP contribution >= 0.6 is 0 Å². The molecule has 0 spiro atoms. The van der Waals surface area contributed by atoms with Crippen molar-refractivity contribution in [2.75, 3.05) is 19.6 Å². The second-order valence-electron chi connectivity index (χ2n) is 6.22. The van der Waals surface area contributed by atoms with E-state index in [-0.39, 0.29) is 11.3 Å². The van der Waals surface area contributed by atoms with Gasteiger partial charge in [-0.05, 0) is 37.6 Å². The molecule has 1 saturated heterocycles. The van der Waals surface area contributed by atoms with Crippen LogP contribution in [-0.4, -0.2) is 41.5 Å². The van der Waals surface area contributed by atoms with E-state index in [1.807, 2.05) is 0 Å². The van der Waals surface area contributed by atoms with Gasteiger partial charge in [0.1, 0.15) is 0 Å². The fourth-order valence-corrected chi connectivity index (χ4v) is 2.52. The van der Waals surface area contributed by atoms with Crippen LogP contribution < -0.4 is 5.73 Å². The molecule has 0 saturated carbocycles. The van der Waals surface area contributed by atoms with Crippen LogP contribution in [0, 0.1) is 11.3 Å². The number of nitrogens with zero attached hydrogens (tertiary/aromatic N) is 1. The number of carboxylic acid groups (broad SMARTS) is 1. The Morgan fingerprint density at radius 1 is 1.37 bits per heavy atom. The summed E-state index contributed by atoms with van der Waals surface area (Å²) in [5, 5.41) is 9.02. The van der Waals surface area contributed by atoms with E-state index in [1.54, 1.807) is 4.90 Å². The number of hydrogen-bond donors (Lipinski definition) is 2. The molecule has 1 atom stereocenters. The van der Waals surface area contributed by atoms with Crippen molar-refractivity contribution in [3.8, 4) is 0 Å². The maximum absolute atomic E-state index is 12.1. The molecule has 1 rings (SSSR count). The molecule has 1 fully saturated rings. The van der Waals surface area contributed by atoms with Gasteiger partial charge in [-0.1, -0.05) is 13.8 Å². The summed E-state index contributed by atoms with van der Waals surface area (Å²) in [5.74, 6) is -1.10. The number of carboxylic acids is 1. The Morgan fingerprint density at radius 2 is 2.05 bits per heavy atom. The minimum atomic E-state index is -0.791. The topological polar surface area (TPSA) is 83.6 Å². The van der Waals surface area contributed by atoms with Crippen molar-refractivity contribution in [3.05, 3.63) is 0 Å².